The third-order valence-electron chi connectivity index (χ3n) is 4.77. The van der Waals surface area contributed by atoms with E-state index in [0.717, 1.165) is 11.8 Å². The first kappa shape index (κ1) is 8.55. The van der Waals surface area contributed by atoms with Crippen LogP contribution in [0.1, 0.15) is 34.1 Å². The molecule has 1 nitrogen and oxygen atoms in total. The summed E-state index contributed by atoms with van der Waals surface area (Å²) in [4.78, 5) is 0. The average molecular weight is 168 g/mol. The van der Waals surface area contributed by atoms with Gasteiger partial charge in [0.25, 0.3) is 0 Å². The molecule has 3 saturated carbocycles. The predicted molar refractivity (Wildman–Crippen MR) is 49.7 cm³/mol. The van der Waals surface area contributed by atoms with Crippen LogP contribution in [0.4, 0.5) is 0 Å². The number of aliphatic hydroxyl groups excluding tert-OH is 1. The maximum atomic E-state index is 9.88. The van der Waals surface area contributed by atoms with E-state index in [0.29, 0.717) is 17.3 Å². The van der Waals surface area contributed by atoms with Crippen LogP contribution in [0.2, 0.25) is 0 Å². The zero-order chi connectivity index (χ0) is 9.09. The summed E-state index contributed by atoms with van der Waals surface area (Å²) in [5.41, 5.74) is 0.498. The molecular formula is C11H20O. The Morgan fingerprint density at radius 1 is 1.08 bits per heavy atom. The van der Waals surface area contributed by atoms with E-state index in [-0.39, 0.29) is 6.10 Å². The lowest BCUT2D eigenvalue weighted by Gasteiger charge is -2.64. The molecule has 2 bridgehead atoms. The number of fused-ring (bicyclic) bond motifs is 2. The van der Waals surface area contributed by atoms with Gasteiger partial charge in [-0.05, 0) is 35.5 Å². The second kappa shape index (κ2) is 2.25. The van der Waals surface area contributed by atoms with Crippen molar-refractivity contribution in [2.75, 3.05) is 0 Å². The normalized spacial score (nSPS) is 56.2. The van der Waals surface area contributed by atoms with Crippen LogP contribution in [-0.4, -0.2) is 11.2 Å². The van der Waals surface area contributed by atoms with Crippen LogP contribution in [0.25, 0.3) is 0 Å². The summed E-state index contributed by atoms with van der Waals surface area (Å²) in [7, 11) is 0. The minimum atomic E-state index is -0.0400. The molecule has 0 aliphatic heterocycles. The van der Waals surface area contributed by atoms with Gasteiger partial charge in [-0.3, -0.25) is 0 Å². The number of aliphatic hydroxyl groups is 1. The molecule has 0 saturated heterocycles. The number of hydrogen-bond acceptors (Lipinski definition) is 1. The van der Waals surface area contributed by atoms with Crippen molar-refractivity contribution in [3.63, 3.8) is 0 Å². The van der Waals surface area contributed by atoms with Gasteiger partial charge in [-0.25, -0.2) is 0 Å². The van der Waals surface area contributed by atoms with Crippen LogP contribution in [-0.2, 0) is 0 Å². The van der Waals surface area contributed by atoms with Crippen LogP contribution in [0.3, 0.4) is 0 Å². The van der Waals surface area contributed by atoms with Gasteiger partial charge < -0.3 is 5.11 Å². The zero-order valence-electron chi connectivity index (χ0n) is 8.54. The van der Waals surface area contributed by atoms with Gasteiger partial charge in [-0.2, -0.15) is 0 Å². The summed E-state index contributed by atoms with van der Waals surface area (Å²) in [5, 5.41) is 9.88. The molecule has 12 heavy (non-hydrogen) atoms. The molecule has 0 heterocycles. The topological polar surface area (TPSA) is 20.2 Å². The molecule has 0 spiro atoms. The van der Waals surface area contributed by atoms with Gasteiger partial charge in [0.2, 0.25) is 0 Å². The maximum Gasteiger partial charge on any atom is 0.0596 e. The zero-order valence-corrected chi connectivity index (χ0v) is 8.54. The molecular weight excluding hydrogens is 148 g/mol. The molecule has 2 unspecified atom stereocenters. The van der Waals surface area contributed by atoms with Gasteiger partial charge in [0, 0.05) is 0 Å². The molecule has 0 amide bonds. The summed E-state index contributed by atoms with van der Waals surface area (Å²) in [6, 6.07) is 0. The van der Waals surface area contributed by atoms with E-state index in [4.69, 9.17) is 0 Å². The molecule has 0 radical (unpaired) electrons. The quantitative estimate of drug-likeness (QED) is 0.588. The van der Waals surface area contributed by atoms with E-state index in [1.54, 1.807) is 0 Å². The average Bonchev–Trinajstić information content (AvgIpc) is 1.98. The molecule has 0 aromatic heterocycles. The molecule has 0 aromatic rings. The molecule has 1 N–H and O–H groups in total. The van der Waals surface area contributed by atoms with Crippen LogP contribution in [0.15, 0.2) is 0 Å². The summed E-state index contributed by atoms with van der Waals surface area (Å²) in [6.07, 6.45) is 1.31. The molecule has 3 aliphatic rings. The standard InChI is InChI=1S/C11H20O/c1-6-8-5-9(11(8,3)4)7(2)10(6)12/h6-10,12H,5H2,1-4H3/t6-,7?,8-,9+,10?/m0/s1. The van der Waals surface area contributed by atoms with Crippen LogP contribution in [0, 0.1) is 29.1 Å². The Hall–Kier alpha value is -0.0400. The van der Waals surface area contributed by atoms with E-state index in [1.807, 2.05) is 0 Å². The van der Waals surface area contributed by atoms with Gasteiger partial charge in [0.15, 0.2) is 0 Å². The summed E-state index contributed by atoms with van der Waals surface area (Å²) >= 11 is 0. The second-order valence-corrected chi connectivity index (χ2v) is 5.48. The highest BCUT2D eigenvalue weighted by Gasteiger charge is 2.59. The van der Waals surface area contributed by atoms with Gasteiger partial charge >= 0.3 is 0 Å². The molecule has 70 valence electrons. The van der Waals surface area contributed by atoms with E-state index in [9.17, 15) is 5.11 Å². The Bertz CT molecular complexity index is 179. The van der Waals surface area contributed by atoms with Gasteiger partial charge in [0.05, 0.1) is 6.10 Å². The number of rotatable bonds is 0. The minimum absolute atomic E-state index is 0.0400. The number of hydrogen-bond donors (Lipinski definition) is 1. The molecule has 3 fully saturated rings. The summed E-state index contributed by atoms with van der Waals surface area (Å²) in [5.74, 6) is 2.57. The van der Waals surface area contributed by atoms with Gasteiger partial charge in [-0.15, -0.1) is 0 Å². The Kier molecular flexibility index (Phi) is 1.61. The van der Waals surface area contributed by atoms with Crippen molar-refractivity contribution in [2.24, 2.45) is 29.1 Å². The van der Waals surface area contributed by atoms with E-state index in [2.05, 4.69) is 27.7 Å². The van der Waals surface area contributed by atoms with Crippen molar-refractivity contribution in [3.8, 4) is 0 Å². The highest BCUT2D eigenvalue weighted by molar-refractivity contribution is 5.07. The van der Waals surface area contributed by atoms with Crippen molar-refractivity contribution in [1.29, 1.82) is 0 Å². The van der Waals surface area contributed by atoms with Crippen molar-refractivity contribution in [3.05, 3.63) is 0 Å². The minimum Gasteiger partial charge on any atom is -0.393 e. The predicted octanol–water partition coefficient (Wildman–Crippen LogP) is 2.30. The fourth-order valence-corrected chi connectivity index (χ4v) is 3.73. The Morgan fingerprint density at radius 2 is 1.50 bits per heavy atom. The van der Waals surface area contributed by atoms with Crippen molar-refractivity contribution < 1.29 is 5.11 Å². The van der Waals surface area contributed by atoms with Crippen LogP contribution in [0.5, 0.6) is 0 Å². The van der Waals surface area contributed by atoms with E-state index >= 15 is 0 Å². The molecule has 5 atom stereocenters. The first-order valence-corrected chi connectivity index (χ1v) is 5.14. The first-order chi connectivity index (χ1) is 5.46. The fraction of sp³-hybridized carbons (Fsp3) is 1.00. The highest BCUT2D eigenvalue weighted by atomic mass is 16.3. The summed E-state index contributed by atoms with van der Waals surface area (Å²) in [6.45, 7) is 9.15. The van der Waals surface area contributed by atoms with E-state index < -0.39 is 0 Å². The van der Waals surface area contributed by atoms with Crippen molar-refractivity contribution >= 4 is 0 Å². The van der Waals surface area contributed by atoms with Gasteiger partial charge in [0.1, 0.15) is 0 Å². The molecule has 0 aromatic carbocycles. The van der Waals surface area contributed by atoms with Crippen LogP contribution >= 0.6 is 0 Å². The lowest BCUT2D eigenvalue weighted by molar-refractivity contribution is -0.190. The van der Waals surface area contributed by atoms with Gasteiger partial charge in [-0.1, -0.05) is 27.7 Å². The fourth-order valence-electron chi connectivity index (χ4n) is 3.73. The highest BCUT2D eigenvalue weighted by Crippen LogP contribution is 2.63. The molecule has 3 aliphatic carbocycles. The Labute approximate surface area is 75.2 Å². The monoisotopic (exact) mass is 168 g/mol. The maximum absolute atomic E-state index is 9.88. The SMILES string of the molecule is CC1C(O)[C@@H](C)[C@@H]2C[C@H]1C2(C)C. The van der Waals surface area contributed by atoms with E-state index in [1.165, 1.54) is 6.42 Å². The molecule has 3 rings (SSSR count). The lowest BCUT2D eigenvalue weighted by atomic mass is 9.42. The Balaban J connectivity index is 2.24. The second-order valence-electron chi connectivity index (χ2n) is 5.48. The first-order valence-electron chi connectivity index (χ1n) is 5.14. The van der Waals surface area contributed by atoms with Crippen LogP contribution < -0.4 is 0 Å². The molecule has 1 heteroatoms. The largest absolute Gasteiger partial charge is 0.393 e. The van der Waals surface area contributed by atoms with Crippen molar-refractivity contribution in [1.82, 2.24) is 0 Å². The lowest BCUT2D eigenvalue weighted by Crippen LogP contribution is -2.60. The third-order valence-corrected chi connectivity index (χ3v) is 4.77. The van der Waals surface area contributed by atoms with Crippen molar-refractivity contribution in [2.45, 2.75) is 40.2 Å². The Morgan fingerprint density at radius 3 is 1.83 bits per heavy atom. The smallest absolute Gasteiger partial charge is 0.0596 e. The summed E-state index contributed by atoms with van der Waals surface area (Å²) < 4.78 is 0. The third kappa shape index (κ3) is 0.783.